The molecule has 0 saturated heterocycles. The van der Waals surface area contributed by atoms with Crippen LogP contribution in [-0.4, -0.2) is 34.1 Å². The number of phenolic OH excluding ortho intramolecular Hbond substituents is 2. The fourth-order valence-electron chi connectivity index (χ4n) is 1.66. The van der Waals surface area contributed by atoms with Gasteiger partial charge in [0.25, 0.3) is 5.91 Å². The molecule has 0 aromatic heterocycles. The Hall–Kier alpha value is -1.71. The average molecular weight is 237 g/mol. The van der Waals surface area contributed by atoms with Gasteiger partial charge in [0.1, 0.15) is 11.5 Å². The van der Waals surface area contributed by atoms with E-state index < -0.39 is 0 Å². The fraction of sp³-hybridized carbons (Fsp3) is 0.462. The summed E-state index contributed by atoms with van der Waals surface area (Å²) in [6.07, 6.45) is 0. The molecule has 0 aliphatic heterocycles. The van der Waals surface area contributed by atoms with Crippen LogP contribution in [0.3, 0.4) is 0 Å². The third-order valence-corrected chi connectivity index (χ3v) is 2.47. The van der Waals surface area contributed by atoms with Gasteiger partial charge in [-0.2, -0.15) is 0 Å². The van der Waals surface area contributed by atoms with Crippen LogP contribution in [0.15, 0.2) is 18.2 Å². The monoisotopic (exact) mass is 237 g/mol. The van der Waals surface area contributed by atoms with Gasteiger partial charge >= 0.3 is 0 Å². The molecule has 0 saturated carbocycles. The fourth-order valence-corrected chi connectivity index (χ4v) is 1.66. The van der Waals surface area contributed by atoms with Gasteiger partial charge in [0.05, 0.1) is 5.56 Å². The molecule has 1 rings (SSSR count). The molecule has 0 fully saturated rings. The van der Waals surface area contributed by atoms with Crippen molar-refractivity contribution in [3.05, 3.63) is 23.8 Å². The summed E-state index contributed by atoms with van der Waals surface area (Å²) in [4.78, 5) is 13.8. The van der Waals surface area contributed by atoms with Gasteiger partial charge in [0, 0.05) is 13.1 Å². The number of aromatic hydroxyl groups is 2. The highest BCUT2D eigenvalue weighted by Gasteiger charge is 2.18. The number of hydrogen-bond donors (Lipinski definition) is 2. The van der Waals surface area contributed by atoms with Gasteiger partial charge in [0.2, 0.25) is 0 Å². The lowest BCUT2D eigenvalue weighted by Gasteiger charge is -2.23. The molecule has 4 heteroatoms. The van der Waals surface area contributed by atoms with Crippen molar-refractivity contribution >= 4 is 5.91 Å². The van der Waals surface area contributed by atoms with Gasteiger partial charge < -0.3 is 15.1 Å². The highest BCUT2D eigenvalue weighted by molar-refractivity contribution is 5.97. The molecule has 94 valence electrons. The first-order chi connectivity index (χ1) is 7.95. The van der Waals surface area contributed by atoms with Crippen LogP contribution in [0.25, 0.3) is 0 Å². The van der Waals surface area contributed by atoms with Crippen molar-refractivity contribution < 1.29 is 15.0 Å². The van der Waals surface area contributed by atoms with Gasteiger partial charge in [-0.25, -0.2) is 0 Å². The van der Waals surface area contributed by atoms with Gasteiger partial charge in [0.15, 0.2) is 0 Å². The molecule has 0 aliphatic carbocycles. The van der Waals surface area contributed by atoms with Crippen LogP contribution in [0.1, 0.15) is 31.1 Å². The van der Waals surface area contributed by atoms with E-state index in [2.05, 4.69) is 0 Å². The summed E-state index contributed by atoms with van der Waals surface area (Å²) in [5, 5.41) is 19.0. The summed E-state index contributed by atoms with van der Waals surface area (Å²) in [7, 11) is 0. The Bertz CT molecular complexity index is 402. The van der Waals surface area contributed by atoms with Crippen molar-refractivity contribution in [3.63, 3.8) is 0 Å². The van der Waals surface area contributed by atoms with Crippen molar-refractivity contribution in [1.82, 2.24) is 4.90 Å². The number of phenols is 2. The van der Waals surface area contributed by atoms with E-state index in [1.807, 2.05) is 20.8 Å². The normalized spacial score (nSPS) is 10.6. The van der Waals surface area contributed by atoms with Gasteiger partial charge in [-0.15, -0.1) is 0 Å². The Balaban J connectivity index is 2.97. The molecule has 0 unspecified atom stereocenters. The van der Waals surface area contributed by atoms with Crippen molar-refractivity contribution in [3.8, 4) is 11.5 Å². The number of amides is 1. The standard InChI is InChI=1S/C13H19NO3/c1-4-14(8-9(2)3)13(17)11-7-10(15)5-6-12(11)16/h5-7,9,15-16H,4,8H2,1-3H3. The number of nitrogens with zero attached hydrogens (tertiary/aromatic N) is 1. The molecule has 1 aromatic carbocycles. The topological polar surface area (TPSA) is 60.8 Å². The lowest BCUT2D eigenvalue weighted by molar-refractivity contribution is 0.0742. The maximum atomic E-state index is 12.1. The molecule has 0 bridgehead atoms. The van der Waals surface area contributed by atoms with Crippen LogP contribution in [0, 0.1) is 5.92 Å². The maximum absolute atomic E-state index is 12.1. The third-order valence-electron chi connectivity index (χ3n) is 2.47. The number of carbonyl (C=O) groups is 1. The number of benzene rings is 1. The molecule has 17 heavy (non-hydrogen) atoms. The smallest absolute Gasteiger partial charge is 0.257 e. The Kier molecular flexibility index (Phi) is 4.37. The zero-order chi connectivity index (χ0) is 13.0. The van der Waals surface area contributed by atoms with E-state index in [9.17, 15) is 15.0 Å². The Morgan fingerprint density at radius 1 is 1.35 bits per heavy atom. The summed E-state index contributed by atoms with van der Waals surface area (Å²) in [5.41, 5.74) is 0.146. The van der Waals surface area contributed by atoms with Crippen molar-refractivity contribution in [2.24, 2.45) is 5.92 Å². The predicted molar refractivity (Wildman–Crippen MR) is 66.2 cm³/mol. The minimum absolute atomic E-state index is 0.0215. The molecule has 0 radical (unpaired) electrons. The van der Waals surface area contributed by atoms with E-state index >= 15 is 0 Å². The number of carbonyl (C=O) groups excluding carboxylic acids is 1. The van der Waals surface area contributed by atoms with Crippen LogP contribution in [-0.2, 0) is 0 Å². The summed E-state index contributed by atoms with van der Waals surface area (Å²) in [5.74, 6) is -0.0188. The van der Waals surface area contributed by atoms with E-state index in [0.29, 0.717) is 19.0 Å². The second-order valence-corrected chi connectivity index (χ2v) is 4.44. The average Bonchev–Trinajstić information content (AvgIpc) is 2.28. The lowest BCUT2D eigenvalue weighted by Crippen LogP contribution is -2.34. The maximum Gasteiger partial charge on any atom is 0.257 e. The van der Waals surface area contributed by atoms with E-state index in [4.69, 9.17) is 0 Å². The first-order valence-corrected chi connectivity index (χ1v) is 5.77. The van der Waals surface area contributed by atoms with Crippen molar-refractivity contribution in [1.29, 1.82) is 0 Å². The largest absolute Gasteiger partial charge is 0.508 e. The first kappa shape index (κ1) is 13.4. The molecule has 0 aliphatic rings. The quantitative estimate of drug-likeness (QED) is 0.789. The predicted octanol–water partition coefficient (Wildman–Crippen LogP) is 2.22. The van der Waals surface area contributed by atoms with E-state index in [1.165, 1.54) is 18.2 Å². The van der Waals surface area contributed by atoms with Gasteiger partial charge in [-0.05, 0) is 31.0 Å². The van der Waals surface area contributed by atoms with Crippen LogP contribution in [0.4, 0.5) is 0 Å². The third kappa shape index (κ3) is 3.37. The molecule has 0 heterocycles. The molecule has 4 nitrogen and oxygen atoms in total. The lowest BCUT2D eigenvalue weighted by atomic mass is 10.1. The first-order valence-electron chi connectivity index (χ1n) is 5.77. The number of rotatable bonds is 4. The Morgan fingerprint density at radius 2 is 2.00 bits per heavy atom. The SMILES string of the molecule is CCN(CC(C)C)C(=O)c1cc(O)ccc1O. The summed E-state index contributed by atoms with van der Waals surface area (Å²) in [6.45, 7) is 7.15. The van der Waals surface area contributed by atoms with Crippen LogP contribution >= 0.6 is 0 Å². The minimum Gasteiger partial charge on any atom is -0.508 e. The molecule has 0 spiro atoms. The van der Waals surface area contributed by atoms with Gasteiger partial charge in [-0.1, -0.05) is 13.8 Å². The van der Waals surface area contributed by atoms with Crippen molar-refractivity contribution in [2.75, 3.05) is 13.1 Å². The molecular formula is C13H19NO3. The second kappa shape index (κ2) is 5.57. The zero-order valence-electron chi connectivity index (χ0n) is 10.5. The van der Waals surface area contributed by atoms with E-state index in [0.717, 1.165) is 0 Å². The zero-order valence-corrected chi connectivity index (χ0v) is 10.5. The summed E-state index contributed by atoms with van der Waals surface area (Å²) in [6, 6.07) is 3.97. The Morgan fingerprint density at radius 3 is 2.53 bits per heavy atom. The minimum atomic E-state index is -0.255. The summed E-state index contributed by atoms with van der Waals surface area (Å²) >= 11 is 0. The van der Waals surface area contributed by atoms with Crippen LogP contribution < -0.4 is 0 Å². The van der Waals surface area contributed by atoms with E-state index in [1.54, 1.807) is 4.90 Å². The molecule has 1 aromatic rings. The molecular weight excluding hydrogens is 218 g/mol. The van der Waals surface area contributed by atoms with E-state index in [-0.39, 0.29) is 23.0 Å². The van der Waals surface area contributed by atoms with Crippen molar-refractivity contribution in [2.45, 2.75) is 20.8 Å². The highest BCUT2D eigenvalue weighted by atomic mass is 16.3. The highest BCUT2D eigenvalue weighted by Crippen LogP contribution is 2.23. The Labute approximate surface area is 101 Å². The van der Waals surface area contributed by atoms with Crippen LogP contribution in [0.2, 0.25) is 0 Å². The second-order valence-electron chi connectivity index (χ2n) is 4.44. The molecule has 2 N–H and O–H groups in total. The van der Waals surface area contributed by atoms with Crippen LogP contribution in [0.5, 0.6) is 11.5 Å². The molecule has 1 amide bonds. The molecule has 0 atom stereocenters. The summed E-state index contributed by atoms with van der Waals surface area (Å²) < 4.78 is 0. The van der Waals surface area contributed by atoms with Gasteiger partial charge in [-0.3, -0.25) is 4.79 Å². The number of hydrogen-bond acceptors (Lipinski definition) is 3.